The van der Waals surface area contributed by atoms with Crippen molar-refractivity contribution in [3.63, 3.8) is 0 Å². The van der Waals surface area contributed by atoms with Crippen molar-refractivity contribution in [2.24, 2.45) is 5.92 Å². The molecular weight excluding hydrogens is 308 g/mol. The second-order valence-corrected chi connectivity index (χ2v) is 5.11. The maximum Gasteiger partial charge on any atom is 0.253 e. The van der Waals surface area contributed by atoms with Crippen LogP contribution in [-0.4, -0.2) is 17.3 Å². The number of nitrogens with one attached hydrogen (secondary N) is 1. The predicted molar refractivity (Wildman–Crippen MR) is 71.3 cm³/mol. The summed E-state index contributed by atoms with van der Waals surface area (Å²) in [6, 6.07) is 4.19. The number of halogens is 3. The molecule has 1 N–H and O–H groups in total. The molecule has 0 bridgehead atoms. The van der Waals surface area contributed by atoms with E-state index in [1.54, 1.807) is 0 Å². The number of benzene rings is 1. The Bertz CT molecular complexity index is 411. The minimum Gasteiger partial charge on any atom is -0.348 e. The monoisotopic (exact) mass is 321 g/mol. The van der Waals surface area contributed by atoms with E-state index in [0.29, 0.717) is 5.33 Å². The van der Waals surface area contributed by atoms with E-state index < -0.39 is 5.82 Å². The van der Waals surface area contributed by atoms with Gasteiger partial charge in [0.05, 0.1) is 10.6 Å². The Kier molecular flexibility index (Phi) is 5.40. The molecule has 1 aromatic carbocycles. The fourth-order valence-corrected chi connectivity index (χ4v) is 2.43. The largest absolute Gasteiger partial charge is 0.348 e. The summed E-state index contributed by atoms with van der Waals surface area (Å²) in [7, 11) is 0. The lowest BCUT2D eigenvalue weighted by Gasteiger charge is -2.20. The molecule has 0 aliphatic rings. The smallest absolute Gasteiger partial charge is 0.253 e. The van der Waals surface area contributed by atoms with E-state index in [9.17, 15) is 9.18 Å². The average Bonchev–Trinajstić information content (AvgIpc) is 2.28. The lowest BCUT2D eigenvalue weighted by atomic mass is 10.1. The lowest BCUT2D eigenvalue weighted by Crippen LogP contribution is -2.39. The zero-order valence-corrected chi connectivity index (χ0v) is 12.0. The van der Waals surface area contributed by atoms with Crippen LogP contribution in [0.1, 0.15) is 24.2 Å². The van der Waals surface area contributed by atoms with Crippen LogP contribution in [0.3, 0.4) is 0 Å². The minimum absolute atomic E-state index is 0.0122. The molecule has 0 heterocycles. The van der Waals surface area contributed by atoms with Crippen molar-refractivity contribution in [2.75, 3.05) is 5.33 Å². The lowest BCUT2D eigenvalue weighted by molar-refractivity contribution is 0.0931. The molecular formula is C12H14BrClFNO. The summed E-state index contributed by atoms with van der Waals surface area (Å²) in [4.78, 5) is 11.9. The van der Waals surface area contributed by atoms with E-state index in [0.717, 1.165) is 0 Å². The highest BCUT2D eigenvalue weighted by Crippen LogP contribution is 2.20. The van der Waals surface area contributed by atoms with Crippen LogP contribution in [0.4, 0.5) is 4.39 Å². The summed E-state index contributed by atoms with van der Waals surface area (Å²) in [5, 5.41) is 3.32. The van der Waals surface area contributed by atoms with E-state index >= 15 is 0 Å². The van der Waals surface area contributed by atoms with Gasteiger partial charge in [-0.25, -0.2) is 4.39 Å². The Morgan fingerprint density at radius 2 is 2.18 bits per heavy atom. The van der Waals surface area contributed by atoms with Crippen molar-refractivity contribution in [3.05, 3.63) is 34.6 Å². The second-order valence-electron chi connectivity index (χ2n) is 4.08. The van der Waals surface area contributed by atoms with E-state index in [-0.39, 0.29) is 28.5 Å². The first-order valence-corrected chi connectivity index (χ1v) is 6.78. The molecule has 0 aromatic heterocycles. The number of carbonyl (C=O) groups excluding carboxylic acids is 1. The molecule has 1 amide bonds. The maximum atomic E-state index is 13.2. The predicted octanol–water partition coefficient (Wildman–Crippen LogP) is 3.63. The topological polar surface area (TPSA) is 29.1 Å². The van der Waals surface area contributed by atoms with Gasteiger partial charge in [0.15, 0.2) is 0 Å². The molecule has 1 aromatic rings. The first-order chi connectivity index (χ1) is 7.97. The molecule has 0 saturated carbocycles. The maximum absolute atomic E-state index is 13.2. The number of carbonyl (C=O) groups is 1. The van der Waals surface area contributed by atoms with Gasteiger partial charge in [0.25, 0.3) is 5.91 Å². The van der Waals surface area contributed by atoms with Gasteiger partial charge < -0.3 is 5.32 Å². The van der Waals surface area contributed by atoms with Crippen molar-refractivity contribution in [1.82, 2.24) is 5.32 Å². The van der Waals surface area contributed by atoms with Gasteiger partial charge in [-0.05, 0) is 18.1 Å². The molecule has 0 radical (unpaired) electrons. The second kappa shape index (κ2) is 6.36. The summed E-state index contributed by atoms with van der Waals surface area (Å²) >= 11 is 9.08. The molecule has 0 aliphatic carbocycles. The molecule has 0 fully saturated rings. The number of hydrogen-bond donors (Lipinski definition) is 1. The molecule has 0 aliphatic heterocycles. The zero-order chi connectivity index (χ0) is 13.0. The fraction of sp³-hybridized carbons (Fsp3) is 0.417. The molecule has 1 unspecified atom stereocenters. The van der Waals surface area contributed by atoms with Crippen molar-refractivity contribution >= 4 is 33.4 Å². The molecule has 1 rings (SSSR count). The van der Waals surface area contributed by atoms with Crippen molar-refractivity contribution < 1.29 is 9.18 Å². The van der Waals surface area contributed by atoms with Crippen LogP contribution in [0.15, 0.2) is 18.2 Å². The summed E-state index contributed by atoms with van der Waals surface area (Å²) < 4.78 is 13.2. The Morgan fingerprint density at radius 3 is 2.71 bits per heavy atom. The van der Waals surface area contributed by atoms with Crippen LogP contribution in [0.2, 0.25) is 5.02 Å². The van der Waals surface area contributed by atoms with Gasteiger partial charge in [0, 0.05) is 11.4 Å². The SMILES string of the molecule is CC(C)C(CBr)NC(=O)c1cccc(F)c1Cl. The van der Waals surface area contributed by atoms with Gasteiger partial charge in [-0.2, -0.15) is 0 Å². The molecule has 94 valence electrons. The van der Waals surface area contributed by atoms with Gasteiger partial charge in [-0.3, -0.25) is 4.79 Å². The molecule has 17 heavy (non-hydrogen) atoms. The molecule has 0 saturated heterocycles. The van der Waals surface area contributed by atoms with Gasteiger partial charge in [-0.1, -0.05) is 47.4 Å². The summed E-state index contributed by atoms with van der Waals surface area (Å²) in [6.45, 7) is 4.00. The van der Waals surface area contributed by atoms with Crippen LogP contribution in [0, 0.1) is 11.7 Å². The number of rotatable bonds is 4. The van der Waals surface area contributed by atoms with Crippen molar-refractivity contribution in [3.8, 4) is 0 Å². The van der Waals surface area contributed by atoms with Gasteiger partial charge in [0.2, 0.25) is 0 Å². The Balaban J connectivity index is 2.86. The first-order valence-electron chi connectivity index (χ1n) is 5.28. The van der Waals surface area contributed by atoms with E-state index in [2.05, 4.69) is 21.2 Å². The van der Waals surface area contributed by atoms with Crippen LogP contribution in [0.25, 0.3) is 0 Å². The minimum atomic E-state index is -0.584. The fourth-order valence-electron chi connectivity index (χ4n) is 1.31. The highest BCUT2D eigenvalue weighted by molar-refractivity contribution is 9.09. The summed E-state index contributed by atoms with van der Waals surface area (Å²) in [6.07, 6.45) is 0. The molecule has 2 nitrogen and oxygen atoms in total. The van der Waals surface area contributed by atoms with Crippen LogP contribution < -0.4 is 5.32 Å². The van der Waals surface area contributed by atoms with Crippen LogP contribution in [0.5, 0.6) is 0 Å². The summed E-state index contributed by atoms with van der Waals surface area (Å²) in [5.41, 5.74) is 0.165. The Morgan fingerprint density at radius 1 is 1.53 bits per heavy atom. The van der Waals surface area contributed by atoms with Gasteiger partial charge in [0.1, 0.15) is 5.82 Å². The quantitative estimate of drug-likeness (QED) is 0.843. The van der Waals surface area contributed by atoms with E-state index in [4.69, 9.17) is 11.6 Å². The molecule has 1 atom stereocenters. The normalized spacial score (nSPS) is 12.6. The number of amides is 1. The summed E-state index contributed by atoms with van der Waals surface area (Å²) in [5.74, 6) is -0.655. The Hall–Kier alpha value is -0.610. The Labute approximate surface area is 114 Å². The highest BCUT2D eigenvalue weighted by atomic mass is 79.9. The molecule has 5 heteroatoms. The zero-order valence-electron chi connectivity index (χ0n) is 9.64. The van der Waals surface area contributed by atoms with Crippen LogP contribution >= 0.6 is 27.5 Å². The van der Waals surface area contributed by atoms with E-state index in [1.807, 2.05) is 13.8 Å². The number of hydrogen-bond acceptors (Lipinski definition) is 1. The van der Waals surface area contributed by atoms with E-state index in [1.165, 1.54) is 18.2 Å². The van der Waals surface area contributed by atoms with Gasteiger partial charge >= 0.3 is 0 Å². The number of alkyl halides is 1. The highest BCUT2D eigenvalue weighted by Gasteiger charge is 2.18. The van der Waals surface area contributed by atoms with Crippen molar-refractivity contribution in [1.29, 1.82) is 0 Å². The molecule has 0 spiro atoms. The standard InChI is InChI=1S/C12H14BrClFNO/c1-7(2)10(6-13)16-12(17)8-4-3-5-9(15)11(8)14/h3-5,7,10H,6H2,1-2H3,(H,16,17). The van der Waals surface area contributed by atoms with Gasteiger partial charge in [-0.15, -0.1) is 0 Å². The van der Waals surface area contributed by atoms with Crippen LogP contribution in [-0.2, 0) is 0 Å². The third-order valence-corrected chi connectivity index (χ3v) is 3.57. The third kappa shape index (κ3) is 3.68. The average molecular weight is 323 g/mol. The van der Waals surface area contributed by atoms with Crippen molar-refractivity contribution in [2.45, 2.75) is 19.9 Å². The first kappa shape index (κ1) is 14.5. The third-order valence-electron chi connectivity index (χ3n) is 2.48.